The topological polar surface area (TPSA) is 25.2 Å². The summed E-state index contributed by atoms with van der Waals surface area (Å²) in [7, 11) is 0. The highest BCUT2D eigenvalue weighted by Gasteiger charge is 2.30. The number of halogens is 3. The first kappa shape index (κ1) is 12.7. The molecule has 0 radical (unpaired) electrons. The molecule has 2 nitrogen and oxygen atoms in total. The van der Waals surface area contributed by atoms with Crippen molar-refractivity contribution >= 4 is 0 Å². The van der Waals surface area contributed by atoms with Crippen LogP contribution in [0.5, 0.6) is 0 Å². The number of nitrogens with zero attached hydrogens (tertiary/aromatic N) is 1. The Morgan fingerprint density at radius 1 is 1.11 bits per heavy atom. The van der Waals surface area contributed by atoms with Crippen LogP contribution in [0.3, 0.4) is 0 Å². The largest absolute Gasteiger partial charge is 0.416 e. The number of aromatic nitrogens is 1. The molecule has 0 saturated heterocycles. The molecule has 0 atom stereocenters. The van der Waals surface area contributed by atoms with Crippen LogP contribution in [0.1, 0.15) is 16.7 Å². The van der Waals surface area contributed by atoms with Gasteiger partial charge in [-0.3, -0.25) is 0 Å². The summed E-state index contributed by atoms with van der Waals surface area (Å²) in [5.41, 5.74) is 0.668. The lowest BCUT2D eigenvalue weighted by atomic mass is 10.1. The van der Waals surface area contributed by atoms with E-state index in [1.807, 2.05) is 0 Å². The van der Waals surface area contributed by atoms with Gasteiger partial charge in [0.15, 0.2) is 0 Å². The Hall–Kier alpha value is -1.75. The molecule has 1 aromatic carbocycles. The molecular weight excluding hydrogens is 243 g/mol. The van der Waals surface area contributed by atoms with Crippen LogP contribution in [-0.2, 0) is 19.3 Å². The zero-order valence-electron chi connectivity index (χ0n) is 9.48. The number of benzene rings is 1. The van der Waals surface area contributed by atoms with Gasteiger partial charge in [-0.05, 0) is 29.3 Å². The van der Waals surface area contributed by atoms with Crippen LogP contribution >= 0.6 is 0 Å². The summed E-state index contributed by atoms with van der Waals surface area (Å²) in [6, 6.07) is 6.97. The average Bonchev–Trinajstić information content (AvgIpc) is 2.76. The van der Waals surface area contributed by atoms with E-state index >= 15 is 0 Å². The monoisotopic (exact) mass is 255 g/mol. The van der Waals surface area contributed by atoms with Crippen molar-refractivity contribution in [2.24, 2.45) is 0 Å². The van der Waals surface area contributed by atoms with E-state index < -0.39 is 11.7 Å². The summed E-state index contributed by atoms with van der Waals surface area (Å²) in [4.78, 5) is 0. The lowest BCUT2D eigenvalue weighted by Crippen LogP contribution is -2.06. The molecule has 0 aliphatic heterocycles. The third-order valence-electron chi connectivity index (χ3n) is 2.61. The predicted molar refractivity (Wildman–Crippen MR) is 60.9 cm³/mol. The van der Waals surface area contributed by atoms with E-state index in [9.17, 15) is 13.2 Å². The van der Waals surface area contributed by atoms with E-state index in [1.54, 1.807) is 29.1 Å². The molecule has 2 rings (SSSR count). The molecule has 0 aliphatic rings. The fourth-order valence-corrected chi connectivity index (χ4v) is 1.74. The van der Waals surface area contributed by atoms with Gasteiger partial charge in [-0.2, -0.15) is 13.2 Å². The van der Waals surface area contributed by atoms with Crippen LogP contribution in [0.4, 0.5) is 13.2 Å². The molecule has 1 aromatic heterocycles. The summed E-state index contributed by atoms with van der Waals surface area (Å²) in [5.74, 6) is 0. The van der Waals surface area contributed by atoms with E-state index in [2.05, 4.69) is 0 Å². The van der Waals surface area contributed by atoms with Crippen molar-refractivity contribution in [3.8, 4) is 0 Å². The molecule has 0 amide bonds. The molecule has 96 valence electrons. The quantitative estimate of drug-likeness (QED) is 0.896. The van der Waals surface area contributed by atoms with Gasteiger partial charge < -0.3 is 9.67 Å². The van der Waals surface area contributed by atoms with Gasteiger partial charge in [-0.15, -0.1) is 0 Å². The Balaban J connectivity index is 2.19. The average molecular weight is 255 g/mol. The summed E-state index contributed by atoms with van der Waals surface area (Å²) >= 11 is 0. The van der Waals surface area contributed by atoms with Crippen molar-refractivity contribution in [1.82, 2.24) is 4.57 Å². The molecule has 1 heterocycles. The highest BCUT2D eigenvalue weighted by molar-refractivity contribution is 5.26. The van der Waals surface area contributed by atoms with E-state index in [4.69, 9.17) is 5.11 Å². The smallest absolute Gasteiger partial charge is 0.392 e. The zero-order chi connectivity index (χ0) is 13.2. The molecule has 0 bridgehead atoms. The van der Waals surface area contributed by atoms with Gasteiger partial charge in [0, 0.05) is 18.9 Å². The Bertz CT molecular complexity index is 531. The maximum Gasteiger partial charge on any atom is 0.416 e. The highest BCUT2D eigenvalue weighted by Crippen LogP contribution is 2.29. The fraction of sp³-hybridized carbons (Fsp3) is 0.231. The minimum Gasteiger partial charge on any atom is -0.392 e. The summed E-state index contributed by atoms with van der Waals surface area (Å²) in [5, 5.41) is 8.91. The SMILES string of the molecule is OCc1ccn(Cc2cccc(C(F)(F)F)c2)c1. The highest BCUT2D eigenvalue weighted by atomic mass is 19.4. The molecule has 0 spiro atoms. The van der Waals surface area contributed by atoms with Gasteiger partial charge in [0.2, 0.25) is 0 Å². The van der Waals surface area contributed by atoms with Gasteiger partial charge in [0.25, 0.3) is 0 Å². The second-order valence-corrected chi connectivity index (χ2v) is 4.05. The molecule has 1 N–H and O–H groups in total. The van der Waals surface area contributed by atoms with Crippen molar-refractivity contribution in [3.63, 3.8) is 0 Å². The van der Waals surface area contributed by atoms with Crippen LogP contribution in [0, 0.1) is 0 Å². The second-order valence-electron chi connectivity index (χ2n) is 4.05. The molecule has 0 saturated carbocycles. The fourth-order valence-electron chi connectivity index (χ4n) is 1.74. The molecule has 0 aliphatic carbocycles. The number of aliphatic hydroxyl groups excluding tert-OH is 1. The molecule has 0 fully saturated rings. The second kappa shape index (κ2) is 4.86. The van der Waals surface area contributed by atoms with Gasteiger partial charge >= 0.3 is 6.18 Å². The first-order valence-electron chi connectivity index (χ1n) is 5.40. The van der Waals surface area contributed by atoms with Gasteiger partial charge in [0.05, 0.1) is 12.2 Å². The number of hydrogen-bond acceptors (Lipinski definition) is 1. The molecular formula is C13H12F3NO. The van der Waals surface area contributed by atoms with Crippen molar-refractivity contribution < 1.29 is 18.3 Å². The van der Waals surface area contributed by atoms with Crippen LogP contribution in [0.25, 0.3) is 0 Å². The maximum atomic E-state index is 12.5. The van der Waals surface area contributed by atoms with Crippen LogP contribution in [-0.4, -0.2) is 9.67 Å². The lowest BCUT2D eigenvalue weighted by Gasteiger charge is -2.09. The van der Waals surface area contributed by atoms with E-state index in [1.165, 1.54) is 6.07 Å². The van der Waals surface area contributed by atoms with Crippen molar-refractivity contribution in [2.75, 3.05) is 0 Å². The van der Waals surface area contributed by atoms with Gasteiger partial charge in [-0.25, -0.2) is 0 Å². The minimum atomic E-state index is -4.32. The molecule has 0 unspecified atom stereocenters. The third kappa shape index (κ3) is 2.92. The number of aliphatic hydroxyl groups is 1. The maximum absolute atomic E-state index is 12.5. The van der Waals surface area contributed by atoms with Gasteiger partial charge in [-0.1, -0.05) is 12.1 Å². The summed E-state index contributed by atoms with van der Waals surface area (Å²) in [6.07, 6.45) is -0.880. The standard InChI is InChI=1S/C13H12F3NO/c14-13(15,16)12-3-1-2-10(6-12)7-17-5-4-11(8-17)9-18/h1-6,8,18H,7,9H2. The number of hydrogen-bond donors (Lipinski definition) is 1. The van der Waals surface area contributed by atoms with E-state index in [-0.39, 0.29) is 6.61 Å². The van der Waals surface area contributed by atoms with Crippen LogP contribution < -0.4 is 0 Å². The van der Waals surface area contributed by atoms with Crippen LogP contribution in [0.2, 0.25) is 0 Å². The van der Waals surface area contributed by atoms with Crippen molar-refractivity contribution in [1.29, 1.82) is 0 Å². The van der Waals surface area contributed by atoms with Crippen molar-refractivity contribution in [3.05, 3.63) is 59.4 Å². The molecule has 18 heavy (non-hydrogen) atoms. The minimum absolute atomic E-state index is 0.0738. The van der Waals surface area contributed by atoms with Crippen LogP contribution in [0.15, 0.2) is 42.7 Å². The third-order valence-corrected chi connectivity index (χ3v) is 2.61. The first-order chi connectivity index (χ1) is 8.49. The Kier molecular flexibility index (Phi) is 3.43. The first-order valence-corrected chi connectivity index (χ1v) is 5.40. The van der Waals surface area contributed by atoms with E-state index in [0.717, 1.165) is 17.7 Å². The normalized spacial score (nSPS) is 11.8. The summed E-state index contributed by atoms with van der Waals surface area (Å²) in [6.45, 7) is 0.277. The number of rotatable bonds is 3. The van der Waals surface area contributed by atoms with Gasteiger partial charge in [0.1, 0.15) is 0 Å². The Labute approximate surface area is 102 Å². The Morgan fingerprint density at radius 3 is 2.50 bits per heavy atom. The molecule has 2 aromatic rings. The molecule has 5 heteroatoms. The summed E-state index contributed by atoms with van der Waals surface area (Å²) < 4.78 is 39.3. The lowest BCUT2D eigenvalue weighted by molar-refractivity contribution is -0.137. The predicted octanol–water partition coefficient (Wildman–Crippen LogP) is 3.05. The van der Waals surface area contributed by atoms with Crippen molar-refractivity contribution in [2.45, 2.75) is 19.3 Å². The Morgan fingerprint density at radius 2 is 1.89 bits per heavy atom. The zero-order valence-corrected chi connectivity index (χ0v) is 9.48. The van der Waals surface area contributed by atoms with E-state index in [0.29, 0.717) is 12.1 Å². The number of alkyl halides is 3.